The predicted octanol–water partition coefficient (Wildman–Crippen LogP) is 2.76. The van der Waals surface area contributed by atoms with Crippen LogP contribution >= 0.6 is 11.8 Å². The molecular formula is C12H12N2O6S. The van der Waals surface area contributed by atoms with Crippen molar-refractivity contribution in [3.63, 3.8) is 0 Å². The van der Waals surface area contributed by atoms with Crippen molar-refractivity contribution < 1.29 is 29.3 Å². The molecule has 8 nitrogen and oxygen atoms in total. The van der Waals surface area contributed by atoms with Gasteiger partial charge in [-0.15, -0.1) is 0 Å². The van der Waals surface area contributed by atoms with E-state index >= 15 is 0 Å². The van der Waals surface area contributed by atoms with Crippen molar-refractivity contribution in [2.45, 2.75) is 17.0 Å². The molecule has 0 bridgehead atoms. The zero-order valence-electron chi connectivity index (χ0n) is 10.7. The van der Waals surface area contributed by atoms with E-state index in [1.165, 1.54) is 0 Å². The highest BCUT2D eigenvalue weighted by atomic mass is 32.2. The molecule has 0 amide bonds. The van der Waals surface area contributed by atoms with E-state index in [0.717, 1.165) is 22.8 Å². The fourth-order valence-corrected chi connectivity index (χ4v) is 2.52. The van der Waals surface area contributed by atoms with Crippen LogP contribution in [-0.4, -0.2) is 44.5 Å². The number of rotatable bonds is 6. The number of ether oxygens (including phenoxy) is 2. The summed E-state index contributed by atoms with van der Waals surface area (Å²) in [4.78, 5) is 28.2. The maximum Gasteiger partial charge on any atom is 0.506 e. The first-order chi connectivity index (χ1) is 10.0. The summed E-state index contributed by atoms with van der Waals surface area (Å²) >= 11 is 1.05. The average molecular weight is 312 g/mol. The number of carbonyl (C=O) groups is 2. The molecule has 0 aliphatic heterocycles. The van der Waals surface area contributed by atoms with E-state index < -0.39 is 17.7 Å². The minimum Gasteiger partial charge on any atom is -0.450 e. The summed E-state index contributed by atoms with van der Waals surface area (Å²) in [5.41, 5.74) is 0.745. The zero-order chi connectivity index (χ0) is 15.2. The van der Waals surface area contributed by atoms with Crippen LogP contribution in [0.5, 0.6) is 0 Å². The number of hydrogen-bond donors (Lipinski definition) is 3. The molecule has 2 rings (SSSR count). The van der Waals surface area contributed by atoms with Gasteiger partial charge in [0.05, 0.1) is 17.6 Å². The van der Waals surface area contributed by atoms with Gasteiger partial charge in [0.2, 0.25) is 0 Å². The van der Waals surface area contributed by atoms with Crippen molar-refractivity contribution >= 4 is 35.1 Å². The summed E-state index contributed by atoms with van der Waals surface area (Å²) in [7, 11) is 0. The predicted molar refractivity (Wildman–Crippen MR) is 73.4 cm³/mol. The molecule has 1 heterocycles. The molecule has 0 saturated carbocycles. The molecular weight excluding hydrogens is 300 g/mol. The molecule has 1 aromatic heterocycles. The molecule has 0 radical (unpaired) electrons. The van der Waals surface area contributed by atoms with Crippen LogP contribution in [0.15, 0.2) is 29.4 Å². The average Bonchev–Trinajstić information content (AvgIpc) is 2.79. The number of thioether (sulfide) groups is 1. The van der Waals surface area contributed by atoms with Gasteiger partial charge in [-0.2, -0.15) is 0 Å². The highest BCUT2D eigenvalue weighted by Crippen LogP contribution is 2.26. The molecule has 9 heteroatoms. The lowest BCUT2D eigenvalue weighted by atomic mass is 10.3. The largest absolute Gasteiger partial charge is 0.506 e. The van der Waals surface area contributed by atoms with Gasteiger partial charge in [-0.25, -0.2) is 14.6 Å². The number of benzene rings is 1. The first-order valence-corrected chi connectivity index (χ1v) is 6.79. The molecule has 2 aromatic rings. The number of H-pyrrole nitrogens is 1. The van der Waals surface area contributed by atoms with Crippen LogP contribution < -0.4 is 0 Å². The van der Waals surface area contributed by atoms with Gasteiger partial charge >= 0.3 is 12.3 Å². The van der Waals surface area contributed by atoms with Gasteiger partial charge in [-0.3, -0.25) is 0 Å². The molecule has 0 spiro atoms. The van der Waals surface area contributed by atoms with E-state index in [-0.39, 0.29) is 13.0 Å². The first kappa shape index (κ1) is 15.0. The lowest BCUT2D eigenvalue weighted by molar-refractivity contribution is 0.0601. The third kappa shape index (κ3) is 4.56. The van der Waals surface area contributed by atoms with Crippen molar-refractivity contribution in [3.8, 4) is 0 Å². The summed E-state index contributed by atoms with van der Waals surface area (Å²) in [6.07, 6.45) is -2.78. The number of aromatic amines is 1. The molecule has 1 atom stereocenters. The van der Waals surface area contributed by atoms with Gasteiger partial charge in [-0.05, 0) is 23.9 Å². The van der Waals surface area contributed by atoms with Gasteiger partial charge in [0.1, 0.15) is 0 Å². The Morgan fingerprint density at radius 1 is 1.29 bits per heavy atom. The Bertz CT molecular complexity index is 610. The smallest absolute Gasteiger partial charge is 0.450 e. The number of para-hydroxylation sites is 2. The van der Waals surface area contributed by atoms with Crippen LogP contribution in [0.3, 0.4) is 0 Å². The Kier molecular flexibility index (Phi) is 4.88. The van der Waals surface area contributed by atoms with E-state index in [4.69, 9.17) is 10.2 Å². The molecule has 0 saturated heterocycles. The van der Waals surface area contributed by atoms with E-state index in [1.54, 1.807) is 0 Å². The molecule has 3 N–H and O–H groups in total. The van der Waals surface area contributed by atoms with Crippen molar-refractivity contribution in [1.29, 1.82) is 0 Å². The van der Waals surface area contributed by atoms with Crippen molar-refractivity contribution in [3.05, 3.63) is 24.3 Å². The number of nitrogens with one attached hydrogen (secondary N) is 1. The van der Waals surface area contributed by atoms with Crippen LogP contribution in [0.4, 0.5) is 9.59 Å². The monoisotopic (exact) mass is 312 g/mol. The van der Waals surface area contributed by atoms with Crippen molar-refractivity contribution in [2.24, 2.45) is 0 Å². The van der Waals surface area contributed by atoms with Gasteiger partial charge in [0, 0.05) is 6.42 Å². The van der Waals surface area contributed by atoms with Gasteiger partial charge in [-0.1, -0.05) is 12.1 Å². The number of carboxylic acid groups (broad SMARTS) is 2. The van der Waals surface area contributed by atoms with E-state index in [2.05, 4.69) is 19.4 Å². The SMILES string of the molecule is O=C(O)OCCC(OC(=O)O)Sc1nc2ccccc2[nH]1. The number of imidazole rings is 1. The summed E-state index contributed by atoms with van der Waals surface area (Å²) in [5.74, 6) is 0. The van der Waals surface area contributed by atoms with Crippen molar-refractivity contribution in [1.82, 2.24) is 9.97 Å². The van der Waals surface area contributed by atoms with Crippen LogP contribution in [0.2, 0.25) is 0 Å². The Morgan fingerprint density at radius 2 is 2.05 bits per heavy atom. The second kappa shape index (κ2) is 6.84. The first-order valence-electron chi connectivity index (χ1n) is 5.91. The standard InChI is InChI=1S/C12H12N2O6S/c15-11(16)19-6-5-9(20-12(17)18)21-10-13-7-3-1-2-4-8(7)14-10/h1-4,9H,5-6H2,(H,13,14)(H,15,16)(H,17,18). The highest BCUT2D eigenvalue weighted by molar-refractivity contribution is 7.99. The third-order valence-corrected chi connectivity index (χ3v) is 3.43. The van der Waals surface area contributed by atoms with E-state index in [1.807, 2.05) is 24.3 Å². The minimum absolute atomic E-state index is 0.0836. The number of nitrogens with zero attached hydrogens (tertiary/aromatic N) is 1. The quantitative estimate of drug-likeness (QED) is 0.423. The molecule has 112 valence electrons. The van der Waals surface area contributed by atoms with Crippen LogP contribution in [0.25, 0.3) is 11.0 Å². The fourth-order valence-electron chi connectivity index (χ4n) is 1.61. The minimum atomic E-state index is -1.45. The molecule has 0 aliphatic carbocycles. The normalized spacial score (nSPS) is 12.0. The third-order valence-electron chi connectivity index (χ3n) is 2.42. The lowest BCUT2D eigenvalue weighted by Crippen LogP contribution is -2.16. The maximum absolute atomic E-state index is 10.6. The molecule has 0 fully saturated rings. The summed E-state index contributed by atoms with van der Waals surface area (Å²) in [6.45, 7) is -0.166. The molecule has 21 heavy (non-hydrogen) atoms. The van der Waals surface area contributed by atoms with Crippen molar-refractivity contribution in [2.75, 3.05) is 6.61 Å². The summed E-state index contributed by atoms with van der Waals surface area (Å²) in [5, 5.41) is 17.6. The van der Waals surface area contributed by atoms with E-state index in [9.17, 15) is 9.59 Å². The van der Waals surface area contributed by atoms with E-state index in [0.29, 0.717) is 5.16 Å². The second-order valence-electron chi connectivity index (χ2n) is 3.89. The van der Waals surface area contributed by atoms with Crippen LogP contribution in [-0.2, 0) is 9.47 Å². The van der Waals surface area contributed by atoms with Gasteiger partial charge in [0.15, 0.2) is 10.6 Å². The number of fused-ring (bicyclic) bond motifs is 1. The van der Waals surface area contributed by atoms with Crippen LogP contribution in [0.1, 0.15) is 6.42 Å². The molecule has 0 aliphatic rings. The lowest BCUT2D eigenvalue weighted by Gasteiger charge is -2.13. The summed E-state index contributed by atoms with van der Waals surface area (Å²) < 4.78 is 9.03. The van der Waals surface area contributed by atoms with Gasteiger partial charge < -0.3 is 24.7 Å². The van der Waals surface area contributed by atoms with Gasteiger partial charge in [0.25, 0.3) is 0 Å². The Balaban J connectivity index is 2.02. The Hall–Kier alpha value is -2.42. The molecule has 1 unspecified atom stereocenters. The zero-order valence-corrected chi connectivity index (χ0v) is 11.5. The molecule has 1 aromatic carbocycles. The van der Waals surface area contributed by atoms with Crippen LogP contribution in [0, 0.1) is 0 Å². The topological polar surface area (TPSA) is 122 Å². The fraction of sp³-hybridized carbons (Fsp3) is 0.250. The second-order valence-corrected chi connectivity index (χ2v) is 5.04. The Labute approximate surface area is 123 Å². The number of hydrogen-bond acceptors (Lipinski definition) is 6. The Morgan fingerprint density at radius 3 is 2.71 bits per heavy atom. The highest BCUT2D eigenvalue weighted by Gasteiger charge is 2.18. The number of aromatic nitrogens is 2. The maximum atomic E-state index is 10.6. The summed E-state index contributed by atoms with van der Waals surface area (Å²) in [6, 6.07) is 7.34.